The topological polar surface area (TPSA) is 83.8 Å². The third-order valence-electron chi connectivity index (χ3n) is 2.73. The SMILES string of the molecule is COC(=O)c1cccc(C(O)C(O)CCSC(C)=O)c1. The summed E-state index contributed by atoms with van der Waals surface area (Å²) in [4.78, 5) is 22.2. The lowest BCUT2D eigenvalue weighted by Gasteiger charge is -2.18. The predicted octanol–water partition coefficient (Wildman–Crippen LogP) is 1.54. The van der Waals surface area contributed by atoms with E-state index in [4.69, 9.17) is 0 Å². The van der Waals surface area contributed by atoms with Gasteiger partial charge in [0.25, 0.3) is 0 Å². The van der Waals surface area contributed by atoms with E-state index in [-0.39, 0.29) is 11.5 Å². The summed E-state index contributed by atoms with van der Waals surface area (Å²) in [6, 6.07) is 6.29. The van der Waals surface area contributed by atoms with Gasteiger partial charge in [0.15, 0.2) is 5.12 Å². The number of esters is 1. The van der Waals surface area contributed by atoms with Gasteiger partial charge in [0.2, 0.25) is 0 Å². The summed E-state index contributed by atoms with van der Waals surface area (Å²) in [6.45, 7) is 1.45. The van der Waals surface area contributed by atoms with Crippen LogP contribution in [-0.2, 0) is 9.53 Å². The Morgan fingerprint density at radius 3 is 2.65 bits per heavy atom. The van der Waals surface area contributed by atoms with Crippen molar-refractivity contribution in [3.05, 3.63) is 35.4 Å². The minimum atomic E-state index is -1.10. The molecule has 0 amide bonds. The van der Waals surface area contributed by atoms with Crippen LogP contribution < -0.4 is 0 Å². The van der Waals surface area contributed by atoms with Gasteiger partial charge in [-0.1, -0.05) is 23.9 Å². The van der Waals surface area contributed by atoms with Gasteiger partial charge in [0.1, 0.15) is 6.10 Å². The van der Waals surface area contributed by atoms with E-state index in [0.29, 0.717) is 16.9 Å². The van der Waals surface area contributed by atoms with Crippen LogP contribution in [0.1, 0.15) is 35.4 Å². The summed E-state index contributed by atoms with van der Waals surface area (Å²) in [5, 5.41) is 19.9. The first kappa shape index (κ1) is 16.7. The Labute approximate surface area is 121 Å². The van der Waals surface area contributed by atoms with Crippen LogP contribution in [0, 0.1) is 0 Å². The first-order chi connectivity index (χ1) is 9.45. The Hall–Kier alpha value is -1.37. The van der Waals surface area contributed by atoms with Crippen LogP contribution in [0.3, 0.4) is 0 Å². The average molecular weight is 298 g/mol. The molecule has 6 heteroatoms. The van der Waals surface area contributed by atoms with E-state index in [1.54, 1.807) is 18.2 Å². The minimum Gasteiger partial charge on any atom is -0.465 e. The molecular formula is C14H18O5S. The zero-order chi connectivity index (χ0) is 15.1. The van der Waals surface area contributed by atoms with E-state index in [9.17, 15) is 19.8 Å². The maximum Gasteiger partial charge on any atom is 0.337 e. The second-order valence-electron chi connectivity index (χ2n) is 4.26. The Morgan fingerprint density at radius 2 is 2.05 bits per heavy atom. The zero-order valence-corrected chi connectivity index (χ0v) is 12.2. The largest absolute Gasteiger partial charge is 0.465 e. The maximum absolute atomic E-state index is 11.4. The summed E-state index contributed by atoms with van der Waals surface area (Å²) in [5.74, 6) is -0.0646. The lowest BCUT2D eigenvalue weighted by Crippen LogP contribution is -2.19. The van der Waals surface area contributed by atoms with E-state index in [0.717, 1.165) is 11.8 Å². The number of methoxy groups -OCH3 is 1. The van der Waals surface area contributed by atoms with Crippen LogP contribution in [0.5, 0.6) is 0 Å². The molecular weight excluding hydrogens is 280 g/mol. The molecule has 0 aliphatic heterocycles. The second-order valence-corrected chi connectivity index (χ2v) is 5.53. The molecule has 0 aromatic heterocycles. The van der Waals surface area contributed by atoms with E-state index < -0.39 is 18.2 Å². The normalized spacial score (nSPS) is 13.6. The van der Waals surface area contributed by atoms with E-state index in [1.807, 2.05) is 0 Å². The fourth-order valence-corrected chi connectivity index (χ4v) is 2.32. The van der Waals surface area contributed by atoms with Crippen molar-refractivity contribution in [2.45, 2.75) is 25.6 Å². The molecule has 20 heavy (non-hydrogen) atoms. The van der Waals surface area contributed by atoms with Crippen LogP contribution in [-0.4, -0.2) is 40.3 Å². The number of rotatable bonds is 6. The van der Waals surface area contributed by atoms with Gasteiger partial charge in [-0.3, -0.25) is 4.79 Å². The number of ether oxygens (including phenoxy) is 1. The number of carbonyl (C=O) groups excluding carboxylic acids is 2. The monoisotopic (exact) mass is 298 g/mol. The van der Waals surface area contributed by atoms with Crippen LogP contribution in [0.15, 0.2) is 24.3 Å². The predicted molar refractivity (Wildman–Crippen MR) is 76.5 cm³/mol. The van der Waals surface area contributed by atoms with E-state index in [1.165, 1.54) is 20.1 Å². The molecule has 0 saturated heterocycles. The van der Waals surface area contributed by atoms with Gasteiger partial charge >= 0.3 is 5.97 Å². The third-order valence-corrected chi connectivity index (χ3v) is 3.58. The Balaban J connectivity index is 2.68. The highest BCUT2D eigenvalue weighted by molar-refractivity contribution is 8.13. The maximum atomic E-state index is 11.4. The average Bonchev–Trinajstić information content (AvgIpc) is 2.45. The van der Waals surface area contributed by atoms with Gasteiger partial charge in [-0.2, -0.15) is 0 Å². The Morgan fingerprint density at radius 1 is 1.35 bits per heavy atom. The van der Waals surface area contributed by atoms with E-state index >= 15 is 0 Å². The molecule has 0 saturated carbocycles. The lowest BCUT2D eigenvalue weighted by molar-refractivity contribution is -0.109. The third kappa shape index (κ3) is 4.96. The summed E-state index contributed by atoms with van der Waals surface area (Å²) < 4.78 is 4.60. The van der Waals surface area contributed by atoms with Crippen molar-refractivity contribution in [3.8, 4) is 0 Å². The second kappa shape index (κ2) is 8.04. The van der Waals surface area contributed by atoms with Crippen molar-refractivity contribution in [1.82, 2.24) is 0 Å². The molecule has 0 bridgehead atoms. The molecule has 2 N–H and O–H groups in total. The highest BCUT2D eigenvalue weighted by Crippen LogP contribution is 2.21. The summed E-state index contributed by atoms with van der Waals surface area (Å²) >= 11 is 1.10. The van der Waals surface area contributed by atoms with Crippen LogP contribution >= 0.6 is 11.8 Å². The van der Waals surface area contributed by atoms with Gasteiger partial charge < -0.3 is 14.9 Å². The number of hydrogen-bond donors (Lipinski definition) is 2. The fourth-order valence-electron chi connectivity index (χ4n) is 1.67. The summed E-state index contributed by atoms with van der Waals surface area (Å²) in [6.07, 6.45) is -1.81. The molecule has 1 aromatic carbocycles. The van der Waals surface area contributed by atoms with Crippen molar-refractivity contribution >= 4 is 22.8 Å². The van der Waals surface area contributed by atoms with Crippen LogP contribution in [0.2, 0.25) is 0 Å². The molecule has 0 aliphatic rings. The summed E-state index contributed by atoms with van der Waals surface area (Å²) in [7, 11) is 1.28. The van der Waals surface area contributed by atoms with E-state index in [2.05, 4.69) is 4.74 Å². The molecule has 1 aromatic rings. The van der Waals surface area contributed by atoms with Crippen molar-refractivity contribution in [2.24, 2.45) is 0 Å². The number of hydrogen-bond acceptors (Lipinski definition) is 6. The standard InChI is InChI=1S/C14H18O5S/c1-9(15)20-7-6-12(16)13(17)10-4-3-5-11(8-10)14(18)19-2/h3-5,8,12-13,16-17H,6-7H2,1-2H3. The number of aliphatic hydroxyl groups is 2. The molecule has 0 radical (unpaired) electrons. The molecule has 0 aliphatic carbocycles. The van der Waals surface area contributed by atoms with Gasteiger partial charge in [-0.05, 0) is 24.1 Å². The first-order valence-corrected chi connectivity index (χ1v) is 7.12. The quantitative estimate of drug-likeness (QED) is 0.775. The highest BCUT2D eigenvalue weighted by atomic mass is 32.2. The number of aliphatic hydroxyl groups excluding tert-OH is 2. The first-order valence-electron chi connectivity index (χ1n) is 6.13. The Kier molecular flexibility index (Phi) is 6.70. The molecule has 1 rings (SSSR count). The van der Waals surface area contributed by atoms with Crippen LogP contribution in [0.25, 0.3) is 0 Å². The highest BCUT2D eigenvalue weighted by Gasteiger charge is 2.19. The van der Waals surface area contributed by atoms with Crippen molar-refractivity contribution in [2.75, 3.05) is 12.9 Å². The van der Waals surface area contributed by atoms with Crippen LogP contribution in [0.4, 0.5) is 0 Å². The van der Waals surface area contributed by atoms with Gasteiger partial charge in [0.05, 0.1) is 18.8 Å². The van der Waals surface area contributed by atoms with Crippen molar-refractivity contribution in [1.29, 1.82) is 0 Å². The van der Waals surface area contributed by atoms with Gasteiger partial charge in [0, 0.05) is 12.7 Å². The molecule has 2 unspecified atom stereocenters. The fraction of sp³-hybridized carbons (Fsp3) is 0.429. The van der Waals surface area contributed by atoms with Gasteiger partial charge in [-0.25, -0.2) is 4.79 Å². The molecule has 0 fully saturated rings. The van der Waals surface area contributed by atoms with Crippen molar-refractivity contribution < 1.29 is 24.5 Å². The molecule has 0 heterocycles. The zero-order valence-electron chi connectivity index (χ0n) is 11.4. The van der Waals surface area contributed by atoms with Gasteiger partial charge in [-0.15, -0.1) is 0 Å². The summed E-state index contributed by atoms with van der Waals surface area (Å²) in [5.41, 5.74) is 0.752. The molecule has 2 atom stereocenters. The lowest BCUT2D eigenvalue weighted by atomic mass is 10.0. The number of benzene rings is 1. The Bertz CT molecular complexity index is 474. The molecule has 110 valence electrons. The minimum absolute atomic E-state index is 0.0284. The molecule has 0 spiro atoms. The number of thioether (sulfide) groups is 1. The number of carbonyl (C=O) groups is 2. The molecule has 5 nitrogen and oxygen atoms in total. The van der Waals surface area contributed by atoms with Crippen molar-refractivity contribution in [3.63, 3.8) is 0 Å². The smallest absolute Gasteiger partial charge is 0.337 e.